The lowest BCUT2D eigenvalue weighted by atomic mass is 9.70. The molecule has 1 aromatic carbocycles. The number of ether oxygens (including phenoxy) is 1. The first-order chi connectivity index (χ1) is 18.0. The van der Waals surface area contributed by atoms with Gasteiger partial charge in [0.05, 0.1) is 23.0 Å². The first kappa shape index (κ1) is 26.9. The summed E-state index contributed by atoms with van der Waals surface area (Å²) in [6.07, 6.45) is 7.27. The SMILES string of the molecule is CC1(CNC(=O)C2C3CCC(C3)C2NC(=O)c2cc(OC3CCC(C)(C(=O)O)CC3)c(F)cc2F)CCC1. The van der Waals surface area contributed by atoms with Crippen molar-refractivity contribution < 1.29 is 33.0 Å². The van der Waals surface area contributed by atoms with Crippen LogP contribution >= 0.6 is 0 Å². The van der Waals surface area contributed by atoms with E-state index < -0.39 is 41.1 Å². The Bertz CT molecular complexity index is 1110. The number of carbonyl (C=O) groups excluding carboxylic acids is 2. The molecule has 0 spiro atoms. The fourth-order valence-corrected chi connectivity index (χ4v) is 7.01. The van der Waals surface area contributed by atoms with E-state index in [1.54, 1.807) is 6.92 Å². The highest BCUT2D eigenvalue weighted by Gasteiger charge is 2.51. The summed E-state index contributed by atoms with van der Waals surface area (Å²) in [6, 6.07) is 1.35. The van der Waals surface area contributed by atoms with Gasteiger partial charge in [0, 0.05) is 18.7 Å². The minimum absolute atomic E-state index is 0.0510. The Balaban J connectivity index is 1.26. The van der Waals surface area contributed by atoms with Gasteiger partial charge in [0.15, 0.2) is 11.6 Å². The maximum Gasteiger partial charge on any atom is 0.309 e. The molecule has 4 aliphatic carbocycles. The number of rotatable bonds is 8. The van der Waals surface area contributed by atoms with Crippen molar-refractivity contribution in [1.29, 1.82) is 0 Å². The van der Waals surface area contributed by atoms with Gasteiger partial charge in [-0.25, -0.2) is 8.78 Å². The summed E-state index contributed by atoms with van der Waals surface area (Å²) in [5.74, 6) is -3.73. The quantitative estimate of drug-likeness (QED) is 0.445. The fourth-order valence-electron chi connectivity index (χ4n) is 7.01. The predicted molar refractivity (Wildman–Crippen MR) is 136 cm³/mol. The molecule has 38 heavy (non-hydrogen) atoms. The van der Waals surface area contributed by atoms with Crippen LogP contribution in [0.15, 0.2) is 12.1 Å². The first-order valence-corrected chi connectivity index (χ1v) is 14.0. The van der Waals surface area contributed by atoms with Crippen molar-refractivity contribution in [1.82, 2.24) is 10.6 Å². The number of hydrogen-bond donors (Lipinski definition) is 3. The number of carboxylic acid groups (broad SMARTS) is 1. The molecule has 4 saturated carbocycles. The van der Waals surface area contributed by atoms with Crippen molar-refractivity contribution >= 4 is 17.8 Å². The number of halogens is 2. The average molecular weight is 533 g/mol. The summed E-state index contributed by atoms with van der Waals surface area (Å²) < 4.78 is 35.1. The minimum Gasteiger partial charge on any atom is -0.487 e. The largest absolute Gasteiger partial charge is 0.487 e. The van der Waals surface area contributed by atoms with E-state index in [2.05, 4.69) is 17.6 Å². The first-order valence-electron chi connectivity index (χ1n) is 14.0. The standard InChI is InChI=1S/C29H38F2N2O5/c1-28(8-3-9-28)15-32-26(35)23-16-4-5-17(12-16)24(23)33-25(34)19-13-22(21(31)14-20(19)30)38-18-6-10-29(2,11-7-18)27(36)37/h13-14,16-18,23-24H,3-12,15H2,1-2H3,(H,32,35)(H,33,34)(H,36,37). The van der Waals surface area contributed by atoms with Crippen molar-refractivity contribution in [3.05, 3.63) is 29.3 Å². The number of amides is 2. The van der Waals surface area contributed by atoms with Crippen LogP contribution in [-0.2, 0) is 9.59 Å². The van der Waals surface area contributed by atoms with Gasteiger partial charge in [-0.2, -0.15) is 0 Å². The third-order valence-corrected chi connectivity index (χ3v) is 9.88. The molecule has 2 amide bonds. The molecule has 0 heterocycles. The molecule has 208 valence electrons. The zero-order valence-electron chi connectivity index (χ0n) is 22.2. The molecule has 7 nitrogen and oxygen atoms in total. The molecule has 4 unspecified atom stereocenters. The van der Waals surface area contributed by atoms with Gasteiger partial charge in [-0.3, -0.25) is 14.4 Å². The predicted octanol–water partition coefficient (Wildman–Crippen LogP) is 4.83. The fraction of sp³-hybridized carbons (Fsp3) is 0.690. The lowest BCUT2D eigenvalue weighted by Crippen LogP contribution is -2.51. The van der Waals surface area contributed by atoms with Gasteiger partial charge >= 0.3 is 5.97 Å². The number of hydrogen-bond acceptors (Lipinski definition) is 4. The number of aliphatic carboxylic acids is 1. The Morgan fingerprint density at radius 1 is 1.00 bits per heavy atom. The Morgan fingerprint density at radius 2 is 1.68 bits per heavy atom. The molecule has 5 rings (SSSR count). The van der Waals surface area contributed by atoms with E-state index in [0.717, 1.165) is 38.2 Å². The molecule has 0 aliphatic heterocycles. The maximum absolute atomic E-state index is 14.8. The Morgan fingerprint density at radius 3 is 2.32 bits per heavy atom. The van der Waals surface area contributed by atoms with E-state index in [9.17, 15) is 28.3 Å². The van der Waals surface area contributed by atoms with Crippen LogP contribution in [-0.4, -0.2) is 41.6 Å². The molecule has 1 aromatic rings. The van der Waals surface area contributed by atoms with Gasteiger partial charge in [-0.15, -0.1) is 0 Å². The zero-order valence-corrected chi connectivity index (χ0v) is 22.2. The van der Waals surface area contributed by atoms with Gasteiger partial charge in [0.1, 0.15) is 5.82 Å². The Labute approximate surface area is 222 Å². The lowest BCUT2D eigenvalue weighted by Gasteiger charge is -2.39. The van der Waals surface area contributed by atoms with Gasteiger partial charge in [-0.05, 0) is 88.0 Å². The van der Waals surface area contributed by atoms with E-state index in [0.29, 0.717) is 38.3 Å². The smallest absolute Gasteiger partial charge is 0.309 e. The number of carbonyl (C=O) groups is 3. The Hall–Kier alpha value is -2.71. The molecule has 4 atom stereocenters. The molecule has 0 saturated heterocycles. The maximum atomic E-state index is 14.8. The van der Waals surface area contributed by atoms with Crippen LogP contribution in [0.1, 0.15) is 88.4 Å². The number of nitrogens with one attached hydrogen (secondary N) is 2. The van der Waals surface area contributed by atoms with Crippen LogP contribution in [0, 0.1) is 40.2 Å². The van der Waals surface area contributed by atoms with Crippen molar-refractivity contribution in [3.8, 4) is 5.75 Å². The van der Waals surface area contributed by atoms with Crippen LogP contribution in [0.4, 0.5) is 8.78 Å². The average Bonchev–Trinajstić information content (AvgIpc) is 3.46. The van der Waals surface area contributed by atoms with Crippen molar-refractivity contribution in [3.63, 3.8) is 0 Å². The van der Waals surface area contributed by atoms with Gasteiger partial charge in [-0.1, -0.05) is 13.3 Å². The summed E-state index contributed by atoms with van der Waals surface area (Å²) in [4.78, 5) is 37.9. The van der Waals surface area contributed by atoms with Crippen LogP contribution < -0.4 is 15.4 Å². The summed E-state index contributed by atoms with van der Waals surface area (Å²) >= 11 is 0. The topological polar surface area (TPSA) is 105 Å². The van der Waals surface area contributed by atoms with Gasteiger partial charge in [0.2, 0.25) is 5.91 Å². The second-order valence-corrected chi connectivity index (χ2v) is 12.7. The van der Waals surface area contributed by atoms with E-state index in [1.165, 1.54) is 6.42 Å². The second-order valence-electron chi connectivity index (χ2n) is 12.7. The van der Waals surface area contributed by atoms with E-state index in [1.807, 2.05) is 0 Å². The summed E-state index contributed by atoms with van der Waals surface area (Å²) in [6.45, 7) is 4.48. The van der Waals surface area contributed by atoms with E-state index in [4.69, 9.17) is 4.74 Å². The number of carboxylic acids is 1. The number of benzene rings is 1. The van der Waals surface area contributed by atoms with Crippen molar-refractivity contribution in [2.24, 2.45) is 28.6 Å². The molecule has 4 aliphatic rings. The van der Waals surface area contributed by atoms with Crippen molar-refractivity contribution in [2.45, 2.75) is 90.2 Å². The van der Waals surface area contributed by atoms with Crippen LogP contribution in [0.3, 0.4) is 0 Å². The lowest BCUT2D eigenvalue weighted by molar-refractivity contribution is -0.150. The monoisotopic (exact) mass is 532 g/mol. The molecular formula is C29H38F2N2O5. The highest BCUT2D eigenvalue weighted by molar-refractivity contribution is 5.95. The Kier molecular flexibility index (Phi) is 7.16. The van der Waals surface area contributed by atoms with Crippen LogP contribution in [0.5, 0.6) is 5.75 Å². The molecule has 9 heteroatoms. The van der Waals surface area contributed by atoms with E-state index in [-0.39, 0.29) is 40.4 Å². The minimum atomic E-state index is -0.989. The second kappa shape index (κ2) is 10.1. The van der Waals surface area contributed by atoms with Gasteiger partial charge < -0.3 is 20.5 Å². The summed E-state index contributed by atoms with van der Waals surface area (Å²) in [7, 11) is 0. The molecule has 4 fully saturated rings. The third-order valence-electron chi connectivity index (χ3n) is 9.88. The highest BCUT2D eigenvalue weighted by Crippen LogP contribution is 2.49. The molecule has 0 aromatic heterocycles. The molecule has 2 bridgehead atoms. The molecule has 0 radical (unpaired) electrons. The number of fused-ring (bicyclic) bond motifs is 2. The van der Waals surface area contributed by atoms with E-state index >= 15 is 0 Å². The third kappa shape index (κ3) is 5.13. The molecule has 3 N–H and O–H groups in total. The van der Waals surface area contributed by atoms with Crippen LogP contribution in [0.2, 0.25) is 0 Å². The van der Waals surface area contributed by atoms with Gasteiger partial charge in [0.25, 0.3) is 5.91 Å². The normalized spacial score (nSPS) is 33.3. The highest BCUT2D eigenvalue weighted by atomic mass is 19.1. The zero-order chi connectivity index (χ0) is 27.2. The summed E-state index contributed by atoms with van der Waals surface area (Å²) in [5, 5.41) is 15.4. The summed E-state index contributed by atoms with van der Waals surface area (Å²) in [5.41, 5.74) is -1.02. The van der Waals surface area contributed by atoms with Crippen LogP contribution in [0.25, 0.3) is 0 Å². The van der Waals surface area contributed by atoms with Crippen molar-refractivity contribution in [2.75, 3.05) is 6.54 Å². The molecular weight excluding hydrogens is 494 g/mol.